The number of unbranched alkanes of at least 4 members (excludes halogenated alkanes) is 1. The van der Waals surface area contributed by atoms with E-state index >= 15 is 0 Å². The first-order valence-corrected chi connectivity index (χ1v) is 6.19. The number of hydrogen-bond acceptors (Lipinski definition) is 4. The number of nitrogens with one attached hydrogen (secondary N) is 1. The summed E-state index contributed by atoms with van der Waals surface area (Å²) in [6.07, 6.45) is 6.72. The van der Waals surface area contributed by atoms with Crippen molar-refractivity contribution in [2.24, 2.45) is 0 Å². The predicted octanol–water partition coefficient (Wildman–Crippen LogP) is 1.47. The average molecular weight is 275 g/mol. The number of carbonyl (C=O) groups excluding carboxylic acids is 2. The Morgan fingerprint density at radius 3 is 2.60 bits per heavy atom. The van der Waals surface area contributed by atoms with Crippen LogP contribution in [0.25, 0.3) is 0 Å². The third-order valence-corrected chi connectivity index (χ3v) is 2.73. The molecular formula is C15H17NO4. The Bertz CT molecular complexity index is 502. The molecule has 0 aliphatic carbocycles. The molecule has 1 aromatic carbocycles. The van der Waals surface area contributed by atoms with E-state index in [2.05, 4.69) is 16.0 Å². The molecule has 0 unspecified atom stereocenters. The summed E-state index contributed by atoms with van der Waals surface area (Å²) in [4.78, 5) is 23.6. The van der Waals surface area contributed by atoms with Crippen LogP contribution in [0.15, 0.2) is 24.3 Å². The Labute approximate surface area is 117 Å². The van der Waals surface area contributed by atoms with Gasteiger partial charge in [-0.2, -0.15) is 0 Å². The number of ether oxygens (including phenoxy) is 1. The molecule has 0 heterocycles. The van der Waals surface area contributed by atoms with E-state index in [0.717, 1.165) is 0 Å². The molecule has 0 saturated carbocycles. The Kier molecular flexibility index (Phi) is 6.11. The van der Waals surface area contributed by atoms with Crippen molar-refractivity contribution in [3.05, 3.63) is 29.8 Å². The quantitative estimate of drug-likeness (QED) is 0.468. The van der Waals surface area contributed by atoms with Crippen LogP contribution in [0.2, 0.25) is 0 Å². The number of aromatic hydroxyl groups is 1. The van der Waals surface area contributed by atoms with Gasteiger partial charge >= 0.3 is 5.97 Å². The maximum Gasteiger partial charge on any atom is 0.328 e. The minimum atomic E-state index is -0.727. The van der Waals surface area contributed by atoms with E-state index in [4.69, 9.17) is 11.5 Å². The fourth-order valence-electron chi connectivity index (χ4n) is 1.65. The van der Waals surface area contributed by atoms with Gasteiger partial charge in [0, 0.05) is 12.0 Å². The van der Waals surface area contributed by atoms with Gasteiger partial charge in [-0.15, -0.1) is 12.3 Å². The number of esters is 1. The van der Waals surface area contributed by atoms with E-state index in [-0.39, 0.29) is 5.75 Å². The first kappa shape index (κ1) is 15.6. The number of amides is 1. The molecule has 0 aliphatic rings. The standard InChI is InChI=1S/C15H17NO4/c1-3-4-5-6-13(15(19)20-2)16-14(18)11-7-9-12(17)10-8-11/h1,7-10,13,17H,4-6H2,2H3,(H,16,18)/t13-/m0/s1. The van der Waals surface area contributed by atoms with Crippen LogP contribution in [0, 0.1) is 12.3 Å². The smallest absolute Gasteiger partial charge is 0.328 e. The monoisotopic (exact) mass is 275 g/mol. The van der Waals surface area contributed by atoms with E-state index in [1.165, 1.54) is 31.4 Å². The van der Waals surface area contributed by atoms with Gasteiger partial charge < -0.3 is 15.2 Å². The minimum Gasteiger partial charge on any atom is -0.508 e. The highest BCUT2D eigenvalue weighted by Gasteiger charge is 2.21. The molecule has 0 radical (unpaired) electrons. The van der Waals surface area contributed by atoms with Crippen molar-refractivity contribution in [2.45, 2.75) is 25.3 Å². The van der Waals surface area contributed by atoms with E-state index in [1.54, 1.807) is 0 Å². The first-order chi connectivity index (χ1) is 9.58. The zero-order valence-corrected chi connectivity index (χ0v) is 11.3. The summed E-state index contributed by atoms with van der Waals surface area (Å²) in [5.41, 5.74) is 0.355. The van der Waals surface area contributed by atoms with Crippen LogP contribution < -0.4 is 5.32 Å². The van der Waals surface area contributed by atoms with Gasteiger partial charge in [-0.3, -0.25) is 4.79 Å². The Morgan fingerprint density at radius 2 is 2.05 bits per heavy atom. The van der Waals surface area contributed by atoms with Crippen LogP contribution in [-0.4, -0.2) is 30.1 Å². The van der Waals surface area contributed by atoms with Gasteiger partial charge in [0.15, 0.2) is 0 Å². The van der Waals surface area contributed by atoms with Gasteiger partial charge in [0.1, 0.15) is 11.8 Å². The highest BCUT2D eigenvalue weighted by molar-refractivity contribution is 5.96. The van der Waals surface area contributed by atoms with Crippen LogP contribution in [-0.2, 0) is 9.53 Å². The number of hydrogen-bond donors (Lipinski definition) is 2. The second kappa shape index (κ2) is 7.85. The lowest BCUT2D eigenvalue weighted by Crippen LogP contribution is -2.41. The van der Waals surface area contributed by atoms with Crippen molar-refractivity contribution in [2.75, 3.05) is 7.11 Å². The van der Waals surface area contributed by atoms with Crippen molar-refractivity contribution >= 4 is 11.9 Å². The van der Waals surface area contributed by atoms with Gasteiger partial charge in [-0.25, -0.2) is 4.79 Å². The molecule has 0 spiro atoms. The third kappa shape index (κ3) is 4.65. The second-order valence-electron chi connectivity index (χ2n) is 4.19. The summed E-state index contributed by atoms with van der Waals surface area (Å²) in [7, 11) is 1.27. The van der Waals surface area contributed by atoms with Gasteiger partial charge in [0.05, 0.1) is 7.11 Å². The summed E-state index contributed by atoms with van der Waals surface area (Å²) < 4.78 is 4.65. The first-order valence-electron chi connectivity index (χ1n) is 6.19. The normalized spacial score (nSPS) is 11.2. The molecule has 0 aliphatic heterocycles. The van der Waals surface area contributed by atoms with E-state index in [1.807, 2.05) is 0 Å². The number of benzene rings is 1. The fraction of sp³-hybridized carbons (Fsp3) is 0.333. The van der Waals surface area contributed by atoms with Gasteiger partial charge in [0.25, 0.3) is 5.91 Å². The molecular weight excluding hydrogens is 258 g/mol. The Morgan fingerprint density at radius 1 is 1.40 bits per heavy atom. The number of phenolic OH excluding ortho intramolecular Hbond substituents is 1. The van der Waals surface area contributed by atoms with Crippen molar-refractivity contribution < 1.29 is 19.4 Å². The molecule has 20 heavy (non-hydrogen) atoms. The van der Waals surface area contributed by atoms with E-state index in [0.29, 0.717) is 24.8 Å². The van der Waals surface area contributed by atoms with Crippen LogP contribution in [0.5, 0.6) is 5.75 Å². The summed E-state index contributed by atoms with van der Waals surface area (Å²) >= 11 is 0. The van der Waals surface area contributed by atoms with Crippen LogP contribution in [0.3, 0.4) is 0 Å². The zero-order valence-electron chi connectivity index (χ0n) is 11.3. The molecule has 0 aromatic heterocycles. The number of terminal acetylenes is 1. The molecule has 5 nitrogen and oxygen atoms in total. The SMILES string of the molecule is C#CCCC[C@H](NC(=O)c1ccc(O)cc1)C(=O)OC. The predicted molar refractivity (Wildman–Crippen MR) is 74.1 cm³/mol. The van der Waals surface area contributed by atoms with Crippen molar-refractivity contribution in [1.29, 1.82) is 0 Å². The van der Waals surface area contributed by atoms with Crippen molar-refractivity contribution in [3.63, 3.8) is 0 Å². The van der Waals surface area contributed by atoms with Crippen LogP contribution in [0.4, 0.5) is 0 Å². The molecule has 0 bridgehead atoms. The van der Waals surface area contributed by atoms with Gasteiger partial charge in [-0.05, 0) is 37.1 Å². The van der Waals surface area contributed by atoms with Crippen LogP contribution in [0.1, 0.15) is 29.6 Å². The molecule has 0 saturated heterocycles. The second-order valence-corrected chi connectivity index (χ2v) is 4.19. The fourth-order valence-corrected chi connectivity index (χ4v) is 1.65. The molecule has 106 valence electrons. The van der Waals surface area contributed by atoms with Gasteiger partial charge in [0.2, 0.25) is 0 Å². The Hall–Kier alpha value is -2.48. The lowest BCUT2D eigenvalue weighted by Gasteiger charge is -2.16. The Balaban J connectivity index is 2.68. The molecule has 5 heteroatoms. The highest BCUT2D eigenvalue weighted by Crippen LogP contribution is 2.10. The van der Waals surface area contributed by atoms with Crippen molar-refractivity contribution in [3.8, 4) is 18.1 Å². The maximum absolute atomic E-state index is 12.0. The van der Waals surface area contributed by atoms with Crippen LogP contribution >= 0.6 is 0 Å². The molecule has 1 atom stereocenters. The topological polar surface area (TPSA) is 75.6 Å². The zero-order chi connectivity index (χ0) is 15.0. The summed E-state index contributed by atoms with van der Waals surface area (Å²) in [6, 6.07) is 5.02. The minimum absolute atomic E-state index is 0.0695. The molecule has 2 N–H and O–H groups in total. The lowest BCUT2D eigenvalue weighted by atomic mass is 10.1. The third-order valence-electron chi connectivity index (χ3n) is 2.73. The van der Waals surface area contributed by atoms with Gasteiger partial charge in [-0.1, -0.05) is 0 Å². The van der Waals surface area contributed by atoms with Crippen molar-refractivity contribution in [1.82, 2.24) is 5.32 Å². The number of carbonyl (C=O) groups is 2. The van der Waals surface area contributed by atoms with E-state index < -0.39 is 17.9 Å². The summed E-state index contributed by atoms with van der Waals surface area (Å²) in [5, 5.41) is 11.8. The lowest BCUT2D eigenvalue weighted by molar-refractivity contribution is -0.143. The maximum atomic E-state index is 12.0. The molecule has 1 rings (SSSR count). The number of methoxy groups -OCH3 is 1. The molecule has 1 amide bonds. The largest absolute Gasteiger partial charge is 0.508 e. The average Bonchev–Trinajstić information content (AvgIpc) is 2.46. The summed E-state index contributed by atoms with van der Waals surface area (Å²) in [5.74, 6) is 1.64. The summed E-state index contributed by atoms with van der Waals surface area (Å²) in [6.45, 7) is 0. The van der Waals surface area contributed by atoms with E-state index in [9.17, 15) is 9.59 Å². The molecule has 0 fully saturated rings. The highest BCUT2D eigenvalue weighted by atomic mass is 16.5. The number of phenols is 1. The molecule has 1 aromatic rings. The number of rotatable bonds is 6.